The highest BCUT2D eigenvalue weighted by atomic mass is 16.2. The highest BCUT2D eigenvalue weighted by molar-refractivity contribution is 5.90. The van der Waals surface area contributed by atoms with Gasteiger partial charge in [0.25, 0.3) is 0 Å². The fourth-order valence-corrected chi connectivity index (χ4v) is 5.84. The maximum atomic E-state index is 13.5. The average Bonchev–Trinajstić information content (AvgIpc) is 2.76. The normalized spacial score (nSPS) is 22.9. The Kier molecular flexibility index (Phi) is 6.67. The standard InChI is InChI=1S/C25H39N3O/c1-25(17-7-3-8-18-25)28(23-11-5-2-6-12-23)24(29)26-21-13-15-22(16-14-21)27-19-9-4-10-20-27/h13-16,23H,2-12,17-20H2,1H3,(H,26,29). The van der Waals surface area contributed by atoms with Crippen molar-refractivity contribution in [3.63, 3.8) is 0 Å². The molecule has 160 valence electrons. The summed E-state index contributed by atoms with van der Waals surface area (Å²) in [4.78, 5) is 18.2. The van der Waals surface area contributed by atoms with E-state index in [0.717, 1.165) is 44.5 Å². The molecular weight excluding hydrogens is 358 g/mol. The van der Waals surface area contributed by atoms with Crippen molar-refractivity contribution in [2.75, 3.05) is 23.3 Å². The van der Waals surface area contributed by atoms with Crippen LogP contribution in [0, 0.1) is 0 Å². The minimum atomic E-state index is 0.0120. The van der Waals surface area contributed by atoms with Gasteiger partial charge in [-0.2, -0.15) is 0 Å². The molecule has 0 unspecified atom stereocenters. The highest BCUT2D eigenvalue weighted by Gasteiger charge is 2.40. The molecule has 4 rings (SSSR count). The molecule has 0 radical (unpaired) electrons. The Bertz CT molecular complexity index is 653. The van der Waals surface area contributed by atoms with Crippen LogP contribution in [0.1, 0.15) is 90.4 Å². The molecule has 1 heterocycles. The van der Waals surface area contributed by atoms with Crippen LogP contribution >= 0.6 is 0 Å². The van der Waals surface area contributed by atoms with Crippen LogP contribution in [0.25, 0.3) is 0 Å². The first-order chi connectivity index (χ1) is 14.2. The molecule has 1 aromatic rings. The van der Waals surface area contributed by atoms with Crippen LogP contribution in [0.5, 0.6) is 0 Å². The average molecular weight is 398 g/mol. The molecule has 1 aliphatic heterocycles. The zero-order valence-electron chi connectivity index (χ0n) is 18.3. The topological polar surface area (TPSA) is 35.6 Å². The lowest BCUT2D eigenvalue weighted by Gasteiger charge is -2.49. The van der Waals surface area contributed by atoms with Crippen molar-refractivity contribution in [2.45, 2.75) is 102 Å². The summed E-state index contributed by atoms with van der Waals surface area (Å²) in [7, 11) is 0. The number of hydrogen-bond acceptors (Lipinski definition) is 2. The van der Waals surface area contributed by atoms with E-state index in [2.05, 4.69) is 46.3 Å². The number of benzene rings is 1. The molecule has 4 heteroatoms. The molecule has 0 aromatic heterocycles. The zero-order chi connectivity index (χ0) is 20.1. The molecule has 0 spiro atoms. The number of hydrogen-bond donors (Lipinski definition) is 1. The van der Waals surface area contributed by atoms with Crippen molar-refractivity contribution < 1.29 is 4.79 Å². The number of nitrogens with zero attached hydrogens (tertiary/aromatic N) is 2. The molecule has 3 aliphatic rings. The van der Waals surface area contributed by atoms with Gasteiger partial charge in [-0.15, -0.1) is 0 Å². The van der Waals surface area contributed by atoms with Crippen molar-refractivity contribution in [1.29, 1.82) is 0 Å². The number of piperidine rings is 1. The van der Waals surface area contributed by atoms with Crippen LogP contribution in [0.3, 0.4) is 0 Å². The summed E-state index contributed by atoms with van der Waals surface area (Å²) in [6.45, 7) is 4.64. The Morgan fingerprint density at radius 3 is 2.14 bits per heavy atom. The van der Waals surface area contributed by atoms with Crippen molar-refractivity contribution >= 4 is 17.4 Å². The largest absolute Gasteiger partial charge is 0.372 e. The van der Waals surface area contributed by atoms with Crippen molar-refractivity contribution in [2.24, 2.45) is 0 Å². The van der Waals surface area contributed by atoms with Gasteiger partial charge in [0.15, 0.2) is 0 Å². The van der Waals surface area contributed by atoms with E-state index in [1.165, 1.54) is 63.5 Å². The van der Waals surface area contributed by atoms with Gasteiger partial charge in [-0.3, -0.25) is 0 Å². The first kappa shape index (κ1) is 20.6. The van der Waals surface area contributed by atoms with Crippen molar-refractivity contribution in [1.82, 2.24) is 4.90 Å². The third kappa shape index (κ3) is 4.90. The minimum Gasteiger partial charge on any atom is -0.372 e. The quantitative estimate of drug-likeness (QED) is 0.624. The van der Waals surface area contributed by atoms with E-state index in [-0.39, 0.29) is 11.6 Å². The summed E-state index contributed by atoms with van der Waals surface area (Å²) in [6.07, 6.45) is 16.2. The number of carbonyl (C=O) groups is 1. The van der Waals surface area contributed by atoms with Gasteiger partial charge in [0.1, 0.15) is 0 Å². The van der Waals surface area contributed by atoms with Gasteiger partial charge in [-0.25, -0.2) is 4.79 Å². The maximum absolute atomic E-state index is 13.5. The lowest BCUT2D eigenvalue weighted by molar-refractivity contribution is 0.0513. The van der Waals surface area contributed by atoms with Crippen LogP contribution in [0.15, 0.2) is 24.3 Å². The third-order valence-electron chi connectivity index (χ3n) is 7.51. The summed E-state index contributed by atoms with van der Waals surface area (Å²) in [6, 6.07) is 9.04. The Morgan fingerprint density at radius 1 is 0.897 bits per heavy atom. The van der Waals surface area contributed by atoms with Gasteiger partial charge in [-0.1, -0.05) is 38.5 Å². The Labute approximate surface area is 177 Å². The second-order valence-corrected chi connectivity index (χ2v) is 9.74. The SMILES string of the molecule is CC1(N(C(=O)Nc2ccc(N3CCCCC3)cc2)C2CCCCC2)CCCCC1. The molecule has 1 aromatic carbocycles. The zero-order valence-corrected chi connectivity index (χ0v) is 18.3. The number of nitrogens with one attached hydrogen (secondary N) is 1. The highest BCUT2D eigenvalue weighted by Crippen LogP contribution is 2.38. The lowest BCUT2D eigenvalue weighted by atomic mass is 9.79. The second-order valence-electron chi connectivity index (χ2n) is 9.74. The molecule has 0 bridgehead atoms. The van der Waals surface area contributed by atoms with Crippen LogP contribution in [-0.2, 0) is 0 Å². The van der Waals surface area contributed by atoms with Crippen LogP contribution < -0.4 is 10.2 Å². The van der Waals surface area contributed by atoms with Crippen molar-refractivity contribution in [3.8, 4) is 0 Å². The molecule has 2 amide bonds. The molecule has 1 N–H and O–H groups in total. The Hall–Kier alpha value is -1.71. The predicted molar refractivity (Wildman–Crippen MR) is 122 cm³/mol. The molecule has 3 fully saturated rings. The first-order valence-corrected chi connectivity index (χ1v) is 12.1. The summed E-state index contributed by atoms with van der Waals surface area (Å²) in [5.74, 6) is 0. The molecule has 2 aliphatic carbocycles. The van der Waals surface area contributed by atoms with Crippen LogP contribution in [-0.4, -0.2) is 35.6 Å². The number of anilines is 2. The van der Waals surface area contributed by atoms with E-state index in [9.17, 15) is 4.79 Å². The van der Waals surface area contributed by atoms with Crippen LogP contribution in [0.2, 0.25) is 0 Å². The summed E-state index contributed by atoms with van der Waals surface area (Å²) < 4.78 is 0. The molecule has 0 atom stereocenters. The minimum absolute atomic E-state index is 0.0120. The number of urea groups is 1. The van der Waals surface area contributed by atoms with E-state index in [0.29, 0.717) is 6.04 Å². The summed E-state index contributed by atoms with van der Waals surface area (Å²) >= 11 is 0. The Morgan fingerprint density at radius 2 is 1.48 bits per heavy atom. The summed E-state index contributed by atoms with van der Waals surface area (Å²) in [5, 5.41) is 3.26. The molecular formula is C25H39N3O. The van der Waals surface area contributed by atoms with E-state index >= 15 is 0 Å². The van der Waals surface area contributed by atoms with Gasteiger partial charge in [0.05, 0.1) is 0 Å². The second kappa shape index (κ2) is 9.40. The van der Waals surface area contributed by atoms with Gasteiger partial charge < -0.3 is 15.1 Å². The molecule has 29 heavy (non-hydrogen) atoms. The van der Waals surface area contributed by atoms with Crippen LogP contribution in [0.4, 0.5) is 16.2 Å². The van der Waals surface area contributed by atoms with Gasteiger partial charge in [0, 0.05) is 36.0 Å². The van der Waals surface area contributed by atoms with Gasteiger partial charge in [0.2, 0.25) is 0 Å². The fourth-order valence-electron chi connectivity index (χ4n) is 5.84. The fraction of sp³-hybridized carbons (Fsp3) is 0.720. The Balaban J connectivity index is 1.46. The van der Waals surface area contributed by atoms with Crippen molar-refractivity contribution in [3.05, 3.63) is 24.3 Å². The van der Waals surface area contributed by atoms with E-state index in [1.807, 2.05) is 0 Å². The van der Waals surface area contributed by atoms with E-state index in [1.54, 1.807) is 0 Å². The lowest BCUT2D eigenvalue weighted by Crippen LogP contribution is -2.57. The maximum Gasteiger partial charge on any atom is 0.322 e. The summed E-state index contributed by atoms with van der Waals surface area (Å²) in [5.41, 5.74) is 2.22. The number of amides is 2. The van der Waals surface area contributed by atoms with E-state index in [4.69, 9.17) is 0 Å². The predicted octanol–water partition coefficient (Wildman–Crippen LogP) is 6.57. The number of carbonyl (C=O) groups excluding carboxylic acids is 1. The molecule has 4 nitrogen and oxygen atoms in total. The van der Waals surface area contributed by atoms with E-state index < -0.39 is 0 Å². The van der Waals surface area contributed by atoms with Gasteiger partial charge >= 0.3 is 6.03 Å². The monoisotopic (exact) mass is 397 g/mol. The molecule has 1 saturated heterocycles. The third-order valence-corrected chi connectivity index (χ3v) is 7.51. The number of rotatable bonds is 4. The molecule has 2 saturated carbocycles. The smallest absolute Gasteiger partial charge is 0.322 e. The van der Waals surface area contributed by atoms with Gasteiger partial charge in [-0.05, 0) is 76.1 Å². The first-order valence-electron chi connectivity index (χ1n) is 12.1.